The number of amides is 2. The molecule has 186 valence electrons. The lowest BCUT2D eigenvalue weighted by molar-refractivity contribution is -0.113. The van der Waals surface area contributed by atoms with Gasteiger partial charge in [0.05, 0.1) is 22.4 Å². The molecule has 0 unspecified atom stereocenters. The average molecular weight is 579 g/mol. The van der Waals surface area contributed by atoms with Gasteiger partial charge >= 0.3 is 0 Å². The summed E-state index contributed by atoms with van der Waals surface area (Å²) in [6.07, 6.45) is 0. The molecule has 3 aromatic rings. The first-order valence-electron chi connectivity index (χ1n) is 11.3. The van der Waals surface area contributed by atoms with Gasteiger partial charge in [-0.05, 0) is 62.1 Å². The molecule has 7 nitrogen and oxygen atoms in total. The lowest BCUT2D eigenvalue weighted by Crippen LogP contribution is -2.34. The zero-order valence-electron chi connectivity index (χ0n) is 20.4. The van der Waals surface area contributed by atoms with Crippen LogP contribution < -0.4 is 10.6 Å². The molecule has 0 saturated carbocycles. The van der Waals surface area contributed by atoms with E-state index in [4.69, 9.17) is 11.6 Å². The molecule has 0 radical (unpaired) electrons. The standard InChI is InChI=1S/C25H29BrClN5O2S/c1-6-32-23(22(14(2)3)29-24(34)17-9-7-8-10-19(17)27)30-31-25(32)35-13-21(33)28-20-12-11-18(26)15(4)16(20)5/h7-12,14,22H,6,13H2,1-5H3,(H,28,33)(H,29,34)/t22-/m0/s1. The molecule has 0 bridgehead atoms. The molecule has 0 fully saturated rings. The molecule has 3 rings (SSSR count). The van der Waals surface area contributed by atoms with Crippen LogP contribution in [0.5, 0.6) is 0 Å². The largest absolute Gasteiger partial charge is 0.342 e. The van der Waals surface area contributed by atoms with Gasteiger partial charge in [0.1, 0.15) is 0 Å². The molecule has 0 saturated heterocycles. The summed E-state index contributed by atoms with van der Waals surface area (Å²) in [6, 6.07) is 10.4. The van der Waals surface area contributed by atoms with E-state index in [2.05, 4.69) is 36.8 Å². The summed E-state index contributed by atoms with van der Waals surface area (Å²) in [7, 11) is 0. The predicted octanol–water partition coefficient (Wildman–Crippen LogP) is 6.19. The molecule has 1 atom stereocenters. The Morgan fingerprint density at radius 2 is 1.83 bits per heavy atom. The van der Waals surface area contributed by atoms with Crippen LogP contribution in [0.2, 0.25) is 5.02 Å². The first-order chi connectivity index (χ1) is 16.6. The molecule has 35 heavy (non-hydrogen) atoms. The smallest absolute Gasteiger partial charge is 0.253 e. The fourth-order valence-corrected chi connectivity index (χ4v) is 5.03. The Hall–Kier alpha value is -2.36. The summed E-state index contributed by atoms with van der Waals surface area (Å²) in [5, 5.41) is 15.7. The molecular formula is C25H29BrClN5O2S. The predicted molar refractivity (Wildman–Crippen MR) is 145 cm³/mol. The monoisotopic (exact) mass is 577 g/mol. The molecule has 0 spiro atoms. The van der Waals surface area contributed by atoms with E-state index in [9.17, 15) is 9.59 Å². The summed E-state index contributed by atoms with van der Waals surface area (Å²) in [5.74, 6) is 0.490. The average Bonchev–Trinajstić information content (AvgIpc) is 3.24. The minimum absolute atomic E-state index is 0.0562. The van der Waals surface area contributed by atoms with Gasteiger partial charge < -0.3 is 15.2 Å². The topological polar surface area (TPSA) is 88.9 Å². The highest BCUT2D eigenvalue weighted by Gasteiger charge is 2.27. The second-order valence-corrected chi connectivity index (χ2v) is 10.6. The van der Waals surface area contributed by atoms with Crippen molar-refractivity contribution in [2.24, 2.45) is 5.92 Å². The Kier molecular flexibility index (Phi) is 9.38. The Bertz CT molecular complexity index is 1230. The van der Waals surface area contributed by atoms with E-state index < -0.39 is 0 Å². The van der Waals surface area contributed by atoms with E-state index in [0.29, 0.717) is 28.1 Å². The number of thioether (sulfide) groups is 1. The highest BCUT2D eigenvalue weighted by Crippen LogP contribution is 2.28. The number of carbonyl (C=O) groups is 2. The molecule has 2 aromatic carbocycles. The molecule has 2 amide bonds. The quantitative estimate of drug-likeness (QED) is 0.296. The van der Waals surface area contributed by atoms with E-state index in [0.717, 1.165) is 21.3 Å². The van der Waals surface area contributed by atoms with Crippen molar-refractivity contribution in [1.29, 1.82) is 0 Å². The molecule has 0 aliphatic heterocycles. The summed E-state index contributed by atoms with van der Waals surface area (Å²) >= 11 is 11.0. The van der Waals surface area contributed by atoms with Gasteiger partial charge in [-0.25, -0.2) is 0 Å². The van der Waals surface area contributed by atoms with E-state index >= 15 is 0 Å². The third-order valence-electron chi connectivity index (χ3n) is 5.74. The second-order valence-electron chi connectivity index (χ2n) is 8.44. The van der Waals surface area contributed by atoms with Crippen molar-refractivity contribution < 1.29 is 9.59 Å². The SMILES string of the molecule is CCn1c(SCC(=O)Nc2ccc(Br)c(C)c2C)nnc1[C@@H](NC(=O)c1ccccc1Cl)C(C)C. The number of anilines is 1. The number of nitrogens with one attached hydrogen (secondary N) is 2. The van der Waals surface area contributed by atoms with Gasteiger partial charge in [-0.1, -0.05) is 65.3 Å². The van der Waals surface area contributed by atoms with Gasteiger partial charge in [0.25, 0.3) is 5.91 Å². The van der Waals surface area contributed by atoms with Crippen molar-refractivity contribution in [2.75, 3.05) is 11.1 Å². The summed E-state index contributed by atoms with van der Waals surface area (Å²) in [4.78, 5) is 25.6. The van der Waals surface area contributed by atoms with Crippen molar-refractivity contribution in [1.82, 2.24) is 20.1 Å². The van der Waals surface area contributed by atoms with Gasteiger partial charge in [0.15, 0.2) is 11.0 Å². The molecule has 2 N–H and O–H groups in total. The van der Waals surface area contributed by atoms with Crippen LogP contribution in [-0.4, -0.2) is 32.3 Å². The number of hydrogen-bond donors (Lipinski definition) is 2. The number of hydrogen-bond acceptors (Lipinski definition) is 5. The first kappa shape index (κ1) is 27.2. The van der Waals surface area contributed by atoms with Gasteiger partial charge in [0, 0.05) is 16.7 Å². The third kappa shape index (κ3) is 6.45. The fraction of sp³-hybridized carbons (Fsp3) is 0.360. The number of halogens is 2. The highest BCUT2D eigenvalue weighted by atomic mass is 79.9. The number of carbonyl (C=O) groups excluding carboxylic acids is 2. The maximum Gasteiger partial charge on any atom is 0.253 e. The van der Waals surface area contributed by atoms with Crippen LogP contribution in [-0.2, 0) is 11.3 Å². The molecule has 1 aromatic heterocycles. The molecule has 0 aliphatic carbocycles. The molecule has 0 aliphatic rings. The minimum atomic E-state index is -0.372. The summed E-state index contributed by atoms with van der Waals surface area (Å²) in [6.45, 7) is 10.6. The van der Waals surface area contributed by atoms with Crippen molar-refractivity contribution in [2.45, 2.75) is 52.4 Å². The van der Waals surface area contributed by atoms with Crippen LogP contribution in [0.1, 0.15) is 54.1 Å². The molecule has 1 heterocycles. The maximum atomic E-state index is 12.9. The fourth-order valence-electron chi connectivity index (χ4n) is 3.57. The first-order valence-corrected chi connectivity index (χ1v) is 13.5. The number of nitrogens with zero attached hydrogens (tertiary/aromatic N) is 3. The minimum Gasteiger partial charge on any atom is -0.342 e. The van der Waals surface area contributed by atoms with Gasteiger partial charge in [-0.3, -0.25) is 9.59 Å². The number of rotatable bonds is 9. The van der Waals surface area contributed by atoms with Gasteiger partial charge in [-0.2, -0.15) is 0 Å². The maximum absolute atomic E-state index is 12.9. The van der Waals surface area contributed by atoms with Gasteiger partial charge in [-0.15, -0.1) is 10.2 Å². The van der Waals surface area contributed by atoms with E-state index in [1.165, 1.54) is 11.8 Å². The van der Waals surface area contributed by atoms with Crippen molar-refractivity contribution >= 4 is 56.8 Å². The van der Waals surface area contributed by atoms with Crippen LogP contribution in [0.4, 0.5) is 5.69 Å². The van der Waals surface area contributed by atoms with E-state index in [1.54, 1.807) is 24.3 Å². The third-order valence-corrected chi connectivity index (χ3v) is 7.89. The van der Waals surface area contributed by atoms with E-state index in [1.807, 2.05) is 51.3 Å². The van der Waals surface area contributed by atoms with Crippen molar-refractivity contribution in [3.8, 4) is 0 Å². The Morgan fingerprint density at radius 1 is 1.11 bits per heavy atom. The van der Waals surface area contributed by atoms with Gasteiger partial charge in [0.2, 0.25) is 5.91 Å². The Balaban J connectivity index is 1.73. The summed E-state index contributed by atoms with van der Waals surface area (Å²) in [5.41, 5.74) is 3.30. The number of benzene rings is 2. The van der Waals surface area contributed by atoms with Crippen molar-refractivity contribution in [3.63, 3.8) is 0 Å². The van der Waals surface area contributed by atoms with Crippen LogP contribution in [0.15, 0.2) is 46.0 Å². The lowest BCUT2D eigenvalue weighted by Gasteiger charge is -2.22. The van der Waals surface area contributed by atoms with Crippen LogP contribution in [0.25, 0.3) is 0 Å². The van der Waals surface area contributed by atoms with Crippen LogP contribution in [0, 0.1) is 19.8 Å². The van der Waals surface area contributed by atoms with Crippen LogP contribution >= 0.6 is 39.3 Å². The highest BCUT2D eigenvalue weighted by molar-refractivity contribution is 9.10. The van der Waals surface area contributed by atoms with Crippen LogP contribution in [0.3, 0.4) is 0 Å². The van der Waals surface area contributed by atoms with Crippen molar-refractivity contribution in [3.05, 3.63) is 68.4 Å². The number of aromatic nitrogens is 3. The normalized spacial score (nSPS) is 12.0. The second kappa shape index (κ2) is 12.1. The lowest BCUT2D eigenvalue weighted by atomic mass is 10.0. The summed E-state index contributed by atoms with van der Waals surface area (Å²) < 4.78 is 2.94. The Morgan fingerprint density at radius 3 is 2.49 bits per heavy atom. The Labute approximate surface area is 223 Å². The molecule has 10 heteroatoms. The molecular weight excluding hydrogens is 550 g/mol. The zero-order valence-corrected chi connectivity index (χ0v) is 23.5. The van der Waals surface area contributed by atoms with E-state index in [-0.39, 0.29) is 29.5 Å². The zero-order chi connectivity index (χ0) is 25.7.